The van der Waals surface area contributed by atoms with Gasteiger partial charge in [-0.15, -0.1) is 0 Å². The van der Waals surface area contributed by atoms with Crippen LogP contribution in [-0.4, -0.2) is 140 Å². The van der Waals surface area contributed by atoms with E-state index in [9.17, 15) is 45.6 Å². The molecule has 12 unspecified atom stereocenters. The zero-order valence-electron chi connectivity index (χ0n) is 43.1. The van der Waals surface area contributed by atoms with Gasteiger partial charge in [0.2, 0.25) is 5.91 Å². The summed E-state index contributed by atoms with van der Waals surface area (Å²) in [7, 11) is 0. The molecule has 0 aromatic heterocycles. The van der Waals surface area contributed by atoms with E-state index in [4.69, 9.17) is 18.9 Å². The third-order valence-corrected chi connectivity index (χ3v) is 13.6. The quantitative estimate of drug-likeness (QED) is 0.0207. The molecule has 0 radical (unpaired) electrons. The fourth-order valence-corrected chi connectivity index (χ4v) is 9.03. The van der Waals surface area contributed by atoms with Crippen LogP contribution in [0, 0.1) is 0 Å². The number of ether oxygens (including phenoxy) is 4. The number of carbonyl (C=O) groups is 1. The molecule has 69 heavy (non-hydrogen) atoms. The molecule has 9 N–H and O–H groups in total. The van der Waals surface area contributed by atoms with Crippen LogP contribution in [0.25, 0.3) is 0 Å². The molecule has 2 fully saturated rings. The highest BCUT2D eigenvalue weighted by molar-refractivity contribution is 5.76. The van der Waals surface area contributed by atoms with Gasteiger partial charge in [0, 0.05) is 6.42 Å². The summed E-state index contributed by atoms with van der Waals surface area (Å²) in [6, 6.07) is -0.934. The highest BCUT2D eigenvalue weighted by Gasteiger charge is 2.51. The van der Waals surface area contributed by atoms with Gasteiger partial charge >= 0.3 is 0 Å². The molecule has 2 aliphatic heterocycles. The number of carbonyl (C=O) groups excluding carboxylic acids is 1. The lowest BCUT2D eigenvalue weighted by atomic mass is 9.97. The maximum absolute atomic E-state index is 13.2. The molecule has 2 heterocycles. The van der Waals surface area contributed by atoms with Gasteiger partial charge in [-0.25, -0.2) is 0 Å². The van der Waals surface area contributed by atoms with Crippen LogP contribution >= 0.6 is 0 Å². The first-order chi connectivity index (χ1) is 33.6. The van der Waals surface area contributed by atoms with E-state index in [1.807, 2.05) is 6.08 Å². The Morgan fingerprint density at radius 3 is 1.42 bits per heavy atom. The zero-order valence-corrected chi connectivity index (χ0v) is 43.1. The van der Waals surface area contributed by atoms with Gasteiger partial charge in [-0.2, -0.15) is 0 Å². The van der Waals surface area contributed by atoms with Crippen molar-refractivity contribution in [3.8, 4) is 0 Å². The van der Waals surface area contributed by atoms with E-state index >= 15 is 0 Å². The molecule has 0 spiro atoms. The highest BCUT2D eigenvalue weighted by Crippen LogP contribution is 2.30. The van der Waals surface area contributed by atoms with Crippen LogP contribution in [0.15, 0.2) is 36.5 Å². The van der Waals surface area contributed by atoms with Crippen molar-refractivity contribution >= 4 is 5.91 Å². The molecule has 2 saturated heterocycles. The summed E-state index contributed by atoms with van der Waals surface area (Å²) in [6.07, 6.45) is 31.8. The number of unbranched alkanes of at least 4 members (excludes halogenated alkanes) is 26. The number of nitrogens with one attached hydrogen (secondary N) is 1. The molecule has 404 valence electrons. The lowest BCUT2D eigenvalue weighted by molar-refractivity contribution is -0.359. The first-order valence-corrected chi connectivity index (χ1v) is 27.7. The maximum Gasteiger partial charge on any atom is 0.220 e. The number of aliphatic hydroxyl groups is 8. The third kappa shape index (κ3) is 28.3. The third-order valence-electron chi connectivity index (χ3n) is 13.6. The van der Waals surface area contributed by atoms with Crippen LogP contribution in [0.3, 0.4) is 0 Å². The molecule has 0 bridgehead atoms. The van der Waals surface area contributed by atoms with E-state index in [2.05, 4.69) is 43.5 Å². The molecule has 0 aromatic rings. The van der Waals surface area contributed by atoms with Gasteiger partial charge in [0.1, 0.15) is 48.8 Å². The monoisotopic (exact) mass is 984 g/mol. The number of amides is 1. The number of rotatable bonds is 43. The van der Waals surface area contributed by atoms with Gasteiger partial charge in [0.05, 0.1) is 32.0 Å². The van der Waals surface area contributed by atoms with Gasteiger partial charge in [0.25, 0.3) is 0 Å². The second-order valence-corrected chi connectivity index (χ2v) is 19.7. The van der Waals surface area contributed by atoms with E-state index in [0.717, 1.165) is 44.9 Å². The van der Waals surface area contributed by atoms with Gasteiger partial charge in [-0.05, 0) is 44.9 Å². The standard InChI is InChI=1S/C55H101NO13/c1-3-5-7-9-11-13-15-17-19-21-22-23-24-26-28-30-32-34-36-38-44(59)43(56-47(60)39-37-35-33-31-29-27-25-20-18-16-14-12-10-8-6-4-2)42-66-54-52(65)50(63)53(46(41-58)68-54)69-55-51(64)49(62)48(61)45(40-57)67-55/h22-23,28,30,36,38,43-46,48-55,57-59,61-65H,3-21,24-27,29,31-35,37,39-42H2,1-2H3,(H,56,60)/b23-22+,30-28+,38-36+. The molecule has 1 amide bonds. The SMILES string of the molecule is CCCCCCCCCCC/C=C/CC/C=C/CC/C=C/C(O)C(COC1OC(CO)C(OC2OC(CO)C(O)C(O)C2O)C(O)C1O)NC(=O)CCCCCCCCCCCCCCCCCC. The molecule has 0 aliphatic carbocycles. The summed E-state index contributed by atoms with van der Waals surface area (Å²) in [5.41, 5.74) is 0. The Balaban J connectivity index is 1.84. The molecule has 2 aliphatic rings. The van der Waals surface area contributed by atoms with E-state index in [1.165, 1.54) is 135 Å². The fraction of sp³-hybridized carbons (Fsp3) is 0.873. The van der Waals surface area contributed by atoms with E-state index in [1.54, 1.807) is 6.08 Å². The Morgan fingerprint density at radius 2 is 0.928 bits per heavy atom. The van der Waals surface area contributed by atoms with Gasteiger partial charge in [-0.3, -0.25) is 4.79 Å². The number of hydrogen-bond acceptors (Lipinski definition) is 13. The van der Waals surface area contributed by atoms with Gasteiger partial charge in [0.15, 0.2) is 12.6 Å². The minimum atomic E-state index is -1.79. The molecular formula is C55H101NO13. The minimum absolute atomic E-state index is 0.252. The minimum Gasteiger partial charge on any atom is -0.394 e. The molecule has 14 heteroatoms. The highest BCUT2D eigenvalue weighted by atomic mass is 16.7. The number of hydrogen-bond donors (Lipinski definition) is 9. The number of aliphatic hydroxyl groups excluding tert-OH is 8. The lowest BCUT2D eigenvalue weighted by Gasteiger charge is -2.46. The van der Waals surface area contributed by atoms with Crippen LogP contribution in [0.4, 0.5) is 0 Å². The van der Waals surface area contributed by atoms with Crippen molar-refractivity contribution in [3.05, 3.63) is 36.5 Å². The molecule has 14 nitrogen and oxygen atoms in total. The Bertz CT molecular complexity index is 1300. The van der Waals surface area contributed by atoms with Crippen molar-refractivity contribution < 1.29 is 64.6 Å². The molecule has 12 atom stereocenters. The Hall–Kier alpha value is -1.79. The molecule has 0 aromatic carbocycles. The first-order valence-electron chi connectivity index (χ1n) is 27.7. The smallest absolute Gasteiger partial charge is 0.220 e. The van der Waals surface area contributed by atoms with Crippen molar-refractivity contribution in [1.82, 2.24) is 5.32 Å². The summed E-state index contributed by atoms with van der Waals surface area (Å²) in [5.74, 6) is -0.252. The van der Waals surface area contributed by atoms with E-state index < -0.39 is 86.8 Å². The second kappa shape index (κ2) is 41.7. The largest absolute Gasteiger partial charge is 0.394 e. The van der Waals surface area contributed by atoms with Gasteiger partial charge < -0.3 is 65.1 Å². The van der Waals surface area contributed by atoms with Crippen LogP contribution in [0.5, 0.6) is 0 Å². The molecule has 0 saturated carbocycles. The summed E-state index contributed by atoms with van der Waals surface area (Å²) in [6.45, 7) is 2.77. The summed E-state index contributed by atoms with van der Waals surface area (Å²) in [4.78, 5) is 13.2. The summed E-state index contributed by atoms with van der Waals surface area (Å²) >= 11 is 0. The van der Waals surface area contributed by atoms with Crippen LogP contribution in [0.1, 0.15) is 213 Å². The normalized spacial score (nSPS) is 26.4. The fourth-order valence-electron chi connectivity index (χ4n) is 9.03. The Labute approximate surface area is 417 Å². The first kappa shape index (κ1) is 63.3. The van der Waals surface area contributed by atoms with Crippen molar-refractivity contribution in [2.75, 3.05) is 19.8 Å². The van der Waals surface area contributed by atoms with Crippen LogP contribution < -0.4 is 5.32 Å². The van der Waals surface area contributed by atoms with Gasteiger partial charge in [-0.1, -0.05) is 198 Å². The summed E-state index contributed by atoms with van der Waals surface area (Å²) in [5, 5.41) is 86.9. The Kier molecular flexibility index (Phi) is 38.2. The molecular weight excluding hydrogens is 883 g/mol. The lowest BCUT2D eigenvalue weighted by Crippen LogP contribution is -2.65. The Morgan fingerprint density at radius 1 is 0.507 bits per heavy atom. The molecule has 2 rings (SSSR count). The maximum atomic E-state index is 13.2. The zero-order chi connectivity index (χ0) is 50.3. The van der Waals surface area contributed by atoms with Crippen molar-refractivity contribution in [2.45, 2.75) is 286 Å². The second-order valence-electron chi connectivity index (χ2n) is 19.7. The summed E-state index contributed by atoms with van der Waals surface area (Å²) < 4.78 is 22.7. The predicted octanol–water partition coefficient (Wildman–Crippen LogP) is 8.27. The average Bonchev–Trinajstić information content (AvgIpc) is 3.35. The van der Waals surface area contributed by atoms with Crippen LogP contribution in [0.2, 0.25) is 0 Å². The predicted molar refractivity (Wildman–Crippen MR) is 272 cm³/mol. The van der Waals surface area contributed by atoms with Crippen molar-refractivity contribution in [2.24, 2.45) is 0 Å². The average molecular weight is 984 g/mol. The van der Waals surface area contributed by atoms with E-state index in [-0.39, 0.29) is 18.9 Å². The van der Waals surface area contributed by atoms with Crippen molar-refractivity contribution in [3.63, 3.8) is 0 Å². The topological polar surface area (TPSA) is 228 Å². The van der Waals surface area contributed by atoms with E-state index in [0.29, 0.717) is 12.8 Å². The van der Waals surface area contributed by atoms with Crippen LogP contribution in [-0.2, 0) is 23.7 Å². The number of allylic oxidation sites excluding steroid dienone is 5. The van der Waals surface area contributed by atoms with Crippen molar-refractivity contribution in [1.29, 1.82) is 0 Å².